The zero-order valence-corrected chi connectivity index (χ0v) is 14.8. The topological polar surface area (TPSA) is 87.4 Å². The number of aromatic hydroxyl groups is 1. The van der Waals surface area contributed by atoms with Crippen molar-refractivity contribution in [3.8, 4) is 28.7 Å². The summed E-state index contributed by atoms with van der Waals surface area (Å²) >= 11 is 0. The normalized spacial score (nSPS) is 10.6. The number of hydrogen-bond acceptors (Lipinski definition) is 7. The van der Waals surface area contributed by atoms with Crippen molar-refractivity contribution in [3.05, 3.63) is 41.7 Å². The molecule has 26 heavy (non-hydrogen) atoms. The molecule has 0 unspecified atom stereocenters. The predicted octanol–water partition coefficient (Wildman–Crippen LogP) is 3.40. The molecule has 1 heterocycles. The van der Waals surface area contributed by atoms with E-state index >= 15 is 0 Å². The Bertz CT molecular complexity index is 946. The summed E-state index contributed by atoms with van der Waals surface area (Å²) in [5.74, 6) is 0.884. The highest BCUT2D eigenvalue weighted by molar-refractivity contribution is 6.10. The Hall–Kier alpha value is -3.35. The third-order valence-electron chi connectivity index (χ3n) is 3.99. The van der Waals surface area contributed by atoms with E-state index in [0.29, 0.717) is 28.2 Å². The first-order valence-electron chi connectivity index (χ1n) is 7.68. The molecule has 0 aliphatic carbocycles. The SMILES string of the molecule is COc1cc(C(=O)c2cc3ccc(OC)c(O)c3o2)cc(OC)c1OC. The van der Waals surface area contributed by atoms with E-state index in [2.05, 4.69) is 0 Å². The van der Waals surface area contributed by atoms with Gasteiger partial charge in [-0.25, -0.2) is 0 Å². The van der Waals surface area contributed by atoms with Crippen LogP contribution in [-0.2, 0) is 0 Å². The average Bonchev–Trinajstić information content (AvgIpc) is 3.11. The van der Waals surface area contributed by atoms with Gasteiger partial charge in [-0.05, 0) is 30.3 Å². The molecule has 0 saturated heterocycles. The summed E-state index contributed by atoms with van der Waals surface area (Å²) in [6.07, 6.45) is 0. The van der Waals surface area contributed by atoms with Crippen LogP contribution in [0.5, 0.6) is 28.7 Å². The number of rotatable bonds is 6. The standard InChI is InChI=1S/C19H18O7/c1-22-12-6-5-10-7-13(26-18(10)17(12)21)16(20)11-8-14(23-2)19(25-4)15(9-11)24-3/h5-9,21H,1-4H3. The molecular weight excluding hydrogens is 340 g/mol. The third-order valence-corrected chi connectivity index (χ3v) is 3.99. The van der Waals surface area contributed by atoms with Crippen molar-refractivity contribution in [2.75, 3.05) is 28.4 Å². The summed E-state index contributed by atoms with van der Waals surface area (Å²) in [6, 6.07) is 7.93. The Kier molecular flexibility index (Phi) is 4.62. The number of ether oxygens (including phenoxy) is 4. The molecule has 7 nitrogen and oxygen atoms in total. The summed E-state index contributed by atoms with van der Waals surface area (Å²) in [5, 5.41) is 10.7. The van der Waals surface area contributed by atoms with E-state index < -0.39 is 0 Å². The molecule has 1 aromatic heterocycles. The van der Waals surface area contributed by atoms with Crippen molar-refractivity contribution >= 4 is 16.8 Å². The number of ketones is 1. The number of phenols is 1. The number of methoxy groups -OCH3 is 4. The van der Waals surface area contributed by atoms with Gasteiger partial charge in [-0.15, -0.1) is 0 Å². The zero-order valence-electron chi connectivity index (χ0n) is 14.8. The molecule has 0 spiro atoms. The minimum absolute atomic E-state index is 0.0674. The van der Waals surface area contributed by atoms with E-state index in [1.165, 1.54) is 40.6 Å². The lowest BCUT2D eigenvalue weighted by Crippen LogP contribution is -2.03. The van der Waals surface area contributed by atoms with Gasteiger partial charge >= 0.3 is 0 Å². The van der Waals surface area contributed by atoms with Gasteiger partial charge in [0.1, 0.15) is 0 Å². The molecule has 7 heteroatoms. The molecule has 0 aliphatic rings. The van der Waals surface area contributed by atoms with Crippen LogP contribution in [0.25, 0.3) is 11.0 Å². The second-order valence-corrected chi connectivity index (χ2v) is 5.39. The van der Waals surface area contributed by atoms with Gasteiger partial charge in [-0.2, -0.15) is 0 Å². The van der Waals surface area contributed by atoms with Gasteiger partial charge in [0.2, 0.25) is 17.3 Å². The molecule has 3 aromatic rings. The smallest absolute Gasteiger partial charge is 0.228 e. The Balaban J connectivity index is 2.09. The zero-order chi connectivity index (χ0) is 18.8. The second kappa shape index (κ2) is 6.87. The number of fused-ring (bicyclic) bond motifs is 1. The van der Waals surface area contributed by atoms with Crippen molar-refractivity contribution in [1.29, 1.82) is 0 Å². The van der Waals surface area contributed by atoms with E-state index in [9.17, 15) is 9.90 Å². The Morgan fingerprint density at radius 2 is 1.50 bits per heavy atom. The molecule has 0 atom stereocenters. The van der Waals surface area contributed by atoms with Crippen molar-refractivity contribution in [1.82, 2.24) is 0 Å². The first-order chi connectivity index (χ1) is 12.5. The van der Waals surface area contributed by atoms with Crippen molar-refractivity contribution in [3.63, 3.8) is 0 Å². The summed E-state index contributed by atoms with van der Waals surface area (Å²) in [6.45, 7) is 0. The fourth-order valence-electron chi connectivity index (χ4n) is 2.70. The third kappa shape index (κ3) is 2.77. The van der Waals surface area contributed by atoms with Crippen LogP contribution in [0.15, 0.2) is 34.7 Å². The lowest BCUT2D eigenvalue weighted by atomic mass is 10.1. The summed E-state index contributed by atoms with van der Waals surface area (Å²) in [5.41, 5.74) is 0.477. The molecule has 0 radical (unpaired) electrons. The molecule has 136 valence electrons. The summed E-state index contributed by atoms with van der Waals surface area (Å²) in [4.78, 5) is 12.9. The predicted molar refractivity (Wildman–Crippen MR) is 94.0 cm³/mol. The van der Waals surface area contributed by atoms with Gasteiger partial charge in [0.25, 0.3) is 0 Å². The van der Waals surface area contributed by atoms with Gasteiger partial charge in [0.15, 0.2) is 28.6 Å². The monoisotopic (exact) mass is 358 g/mol. The Morgan fingerprint density at radius 3 is 2.04 bits per heavy atom. The summed E-state index contributed by atoms with van der Waals surface area (Å²) in [7, 11) is 5.86. The highest BCUT2D eigenvalue weighted by Crippen LogP contribution is 2.40. The highest BCUT2D eigenvalue weighted by atomic mass is 16.5. The Morgan fingerprint density at radius 1 is 0.885 bits per heavy atom. The average molecular weight is 358 g/mol. The van der Waals surface area contributed by atoms with Gasteiger partial charge in [-0.1, -0.05) is 0 Å². The van der Waals surface area contributed by atoms with Crippen LogP contribution >= 0.6 is 0 Å². The van der Waals surface area contributed by atoms with Crippen LogP contribution in [0, 0.1) is 0 Å². The van der Waals surface area contributed by atoms with E-state index in [-0.39, 0.29) is 28.6 Å². The quantitative estimate of drug-likeness (QED) is 0.676. The van der Waals surface area contributed by atoms with Gasteiger partial charge < -0.3 is 28.5 Å². The molecule has 0 bridgehead atoms. The maximum absolute atomic E-state index is 12.9. The van der Waals surface area contributed by atoms with E-state index in [1.54, 1.807) is 18.2 Å². The number of phenolic OH excluding ortho intramolecular Hbond substituents is 1. The largest absolute Gasteiger partial charge is 0.502 e. The molecule has 2 aromatic carbocycles. The van der Waals surface area contributed by atoms with E-state index in [0.717, 1.165) is 0 Å². The van der Waals surface area contributed by atoms with E-state index in [4.69, 9.17) is 23.4 Å². The van der Waals surface area contributed by atoms with Crippen LogP contribution < -0.4 is 18.9 Å². The first kappa shape index (κ1) is 17.5. The molecule has 0 saturated carbocycles. The van der Waals surface area contributed by atoms with E-state index in [1.807, 2.05) is 0 Å². The van der Waals surface area contributed by atoms with Crippen LogP contribution in [0.3, 0.4) is 0 Å². The van der Waals surface area contributed by atoms with Gasteiger partial charge in [0, 0.05) is 10.9 Å². The minimum Gasteiger partial charge on any atom is -0.502 e. The van der Waals surface area contributed by atoms with Crippen molar-refractivity contribution < 1.29 is 33.3 Å². The van der Waals surface area contributed by atoms with Gasteiger partial charge in [0.05, 0.1) is 28.4 Å². The van der Waals surface area contributed by atoms with Gasteiger partial charge in [-0.3, -0.25) is 4.79 Å². The fourth-order valence-corrected chi connectivity index (χ4v) is 2.70. The fraction of sp³-hybridized carbons (Fsp3) is 0.211. The maximum atomic E-state index is 12.9. The lowest BCUT2D eigenvalue weighted by Gasteiger charge is -2.13. The number of hydrogen-bond donors (Lipinski definition) is 1. The number of carbonyl (C=O) groups is 1. The second-order valence-electron chi connectivity index (χ2n) is 5.39. The lowest BCUT2D eigenvalue weighted by molar-refractivity contribution is 0.101. The molecule has 0 aliphatic heterocycles. The molecular formula is C19H18O7. The molecule has 0 amide bonds. The number of carbonyl (C=O) groups excluding carboxylic acids is 1. The van der Waals surface area contributed by atoms with Crippen molar-refractivity contribution in [2.24, 2.45) is 0 Å². The number of furan rings is 1. The highest BCUT2D eigenvalue weighted by Gasteiger charge is 2.22. The summed E-state index contributed by atoms with van der Waals surface area (Å²) < 4.78 is 26.4. The van der Waals surface area contributed by atoms with Crippen LogP contribution in [0.4, 0.5) is 0 Å². The molecule has 1 N–H and O–H groups in total. The van der Waals surface area contributed by atoms with Crippen LogP contribution in [0.2, 0.25) is 0 Å². The minimum atomic E-state index is -0.390. The molecule has 0 fully saturated rings. The van der Waals surface area contributed by atoms with Crippen molar-refractivity contribution in [2.45, 2.75) is 0 Å². The van der Waals surface area contributed by atoms with Crippen LogP contribution in [0.1, 0.15) is 16.1 Å². The maximum Gasteiger partial charge on any atom is 0.228 e. The number of benzene rings is 2. The Labute approximate surface area is 149 Å². The molecule has 3 rings (SSSR count). The first-order valence-corrected chi connectivity index (χ1v) is 7.68. The van der Waals surface area contributed by atoms with Crippen LogP contribution in [-0.4, -0.2) is 39.3 Å².